The Labute approximate surface area is 222 Å². The third kappa shape index (κ3) is 7.08. The fourth-order valence-corrected chi connectivity index (χ4v) is 3.00. The van der Waals surface area contributed by atoms with Gasteiger partial charge in [-0.25, -0.2) is 19.9 Å². The van der Waals surface area contributed by atoms with Crippen LogP contribution in [0.3, 0.4) is 0 Å². The summed E-state index contributed by atoms with van der Waals surface area (Å²) in [7, 11) is -5.33. The van der Waals surface area contributed by atoms with E-state index in [0.29, 0.717) is 0 Å². The maximum absolute atomic E-state index is 13.0. The fraction of sp³-hybridized carbons (Fsp3) is 0.263. The molecule has 170 valence electrons. The Bertz CT molecular complexity index is 1730. The number of anilines is 1. The molecule has 13 heteroatoms. The number of hydrogen-bond donors (Lipinski definition) is 2. The van der Waals surface area contributed by atoms with Gasteiger partial charge in [-0.3, -0.25) is 4.72 Å². The summed E-state index contributed by atoms with van der Waals surface area (Å²) in [4.78, 5) is 14.8. The van der Waals surface area contributed by atoms with E-state index in [-0.39, 0.29) is 27.3 Å². The lowest BCUT2D eigenvalue weighted by Gasteiger charge is -2.15. The van der Waals surface area contributed by atoms with Gasteiger partial charge in [0.1, 0.15) is 20.9 Å². The van der Waals surface area contributed by atoms with Crippen LogP contribution in [-0.2, 0) is 10.2 Å². The highest BCUT2D eigenvalue weighted by Crippen LogP contribution is 2.34. The van der Waals surface area contributed by atoms with Crippen molar-refractivity contribution in [1.82, 2.24) is 24.7 Å². The Hall–Kier alpha value is -2.35. The second-order valence-electron chi connectivity index (χ2n) is 5.24. The van der Waals surface area contributed by atoms with Crippen LogP contribution >= 0.6 is 31.9 Å². The smallest absolute Gasteiger partial charge is 0.316 e. The second kappa shape index (κ2) is 11.5. The molecule has 3 aromatic rings. The SMILES string of the molecule is [2H]c1nc(NS(=O)(=O)NC([2H])([2H])C([2H])([2H])C([2H])([2H])[2H])c(-c2c([2H])c([2H])c(Br)c([2H])c2[2H])c(OCCOc2nc([2H])c(Br)c([2H])n2)n1. The summed E-state index contributed by atoms with van der Waals surface area (Å²) < 4.78 is 149. The van der Waals surface area contributed by atoms with Crippen molar-refractivity contribution in [3.8, 4) is 23.0 Å². The van der Waals surface area contributed by atoms with Gasteiger partial charge in [0.2, 0.25) is 5.88 Å². The van der Waals surface area contributed by atoms with Crippen molar-refractivity contribution in [1.29, 1.82) is 0 Å². The van der Waals surface area contributed by atoms with Crippen LogP contribution in [-0.4, -0.2) is 48.1 Å². The lowest BCUT2D eigenvalue weighted by molar-refractivity contribution is 0.202. The predicted octanol–water partition coefficient (Wildman–Crippen LogP) is 3.57. The molecule has 0 bridgehead atoms. The molecule has 2 heterocycles. The molecule has 2 aromatic heterocycles. The zero-order valence-electron chi connectivity index (χ0n) is 29.5. The summed E-state index contributed by atoms with van der Waals surface area (Å²) in [5, 5.41) is 0. The van der Waals surface area contributed by atoms with E-state index in [4.69, 9.17) is 28.7 Å². The minimum atomic E-state index is -5.33. The van der Waals surface area contributed by atoms with Crippen LogP contribution in [0.15, 0.2) is 51.8 Å². The van der Waals surface area contributed by atoms with Crippen molar-refractivity contribution in [3.05, 3.63) is 51.8 Å². The van der Waals surface area contributed by atoms with E-state index in [1.165, 1.54) is 4.72 Å². The third-order valence-electron chi connectivity index (χ3n) is 3.14. The first kappa shape index (κ1) is 11.7. The molecule has 0 amide bonds. The van der Waals surface area contributed by atoms with E-state index in [0.717, 1.165) is 0 Å². The first-order valence-electron chi connectivity index (χ1n) is 15.1. The minimum absolute atomic E-state index is 0.00576. The van der Waals surface area contributed by atoms with Crippen LogP contribution in [0.2, 0.25) is 0 Å². The Morgan fingerprint density at radius 3 is 2.50 bits per heavy atom. The van der Waals surface area contributed by atoms with Gasteiger partial charge in [0.05, 0.1) is 18.3 Å². The highest BCUT2D eigenvalue weighted by molar-refractivity contribution is 9.10. The summed E-state index contributed by atoms with van der Waals surface area (Å²) in [6, 6.07) is -3.15. The molecule has 0 aliphatic carbocycles. The molecule has 32 heavy (non-hydrogen) atoms. The number of benzene rings is 1. The molecule has 0 saturated carbocycles. The fourth-order valence-electron chi connectivity index (χ4n) is 1.98. The van der Waals surface area contributed by atoms with Crippen molar-refractivity contribution >= 4 is 47.9 Å². The van der Waals surface area contributed by atoms with Gasteiger partial charge in [-0.15, -0.1) is 0 Å². The molecule has 0 fully saturated rings. The zero-order chi connectivity index (χ0) is 35.2. The summed E-state index contributed by atoms with van der Waals surface area (Å²) in [5.41, 5.74) is -1.31. The summed E-state index contributed by atoms with van der Waals surface area (Å²) in [6.07, 6.45) is -5.40. The van der Waals surface area contributed by atoms with Crippen LogP contribution in [0, 0.1) is 0 Å². The molecule has 10 nitrogen and oxygen atoms in total. The van der Waals surface area contributed by atoms with Crippen LogP contribution in [0.4, 0.5) is 5.82 Å². The number of hydrogen-bond acceptors (Lipinski definition) is 8. The average molecular weight is 602 g/mol. The quantitative estimate of drug-likeness (QED) is 0.319. The van der Waals surface area contributed by atoms with Gasteiger partial charge in [0.25, 0.3) is 10.2 Å². The van der Waals surface area contributed by atoms with Gasteiger partial charge in [0, 0.05) is 32.9 Å². The monoisotopic (exact) mass is 600 g/mol. The van der Waals surface area contributed by atoms with Gasteiger partial charge in [-0.2, -0.15) is 13.1 Å². The van der Waals surface area contributed by atoms with Gasteiger partial charge in [-0.05, 0) is 40.0 Å². The van der Waals surface area contributed by atoms with E-state index in [1.54, 1.807) is 4.72 Å². The summed E-state index contributed by atoms with van der Waals surface area (Å²) >= 11 is 5.89. The highest BCUT2D eigenvalue weighted by Gasteiger charge is 2.19. The lowest BCUT2D eigenvalue weighted by atomic mass is 10.1. The van der Waals surface area contributed by atoms with Crippen molar-refractivity contribution in [3.63, 3.8) is 0 Å². The minimum Gasteiger partial charge on any atom is -0.473 e. The molecule has 0 radical (unpaired) electrons. The van der Waals surface area contributed by atoms with Gasteiger partial charge in [0.15, 0.2) is 5.82 Å². The van der Waals surface area contributed by atoms with Gasteiger partial charge in [-0.1, -0.05) is 34.9 Å². The summed E-state index contributed by atoms with van der Waals surface area (Å²) in [5.74, 6) is -1.64. The number of nitrogens with zero attached hydrogens (tertiary/aromatic N) is 4. The average Bonchev–Trinajstić information content (AvgIpc) is 2.91. The molecule has 0 saturated heterocycles. The first-order valence-corrected chi connectivity index (χ1v) is 11.2. The van der Waals surface area contributed by atoms with E-state index in [9.17, 15) is 8.42 Å². The Balaban J connectivity index is 2.11. The number of halogens is 2. The summed E-state index contributed by atoms with van der Waals surface area (Å²) in [6.45, 7) is -8.28. The van der Waals surface area contributed by atoms with E-state index < -0.39 is 96.4 Å². The van der Waals surface area contributed by atoms with Crippen LogP contribution in [0.1, 0.15) is 32.4 Å². The van der Waals surface area contributed by atoms with Crippen molar-refractivity contribution in [2.24, 2.45) is 0 Å². The molecular formula is C19H20Br2N6O4S. The van der Waals surface area contributed by atoms with Gasteiger partial charge >= 0.3 is 6.01 Å². The van der Waals surface area contributed by atoms with Crippen LogP contribution in [0.5, 0.6) is 11.9 Å². The van der Waals surface area contributed by atoms with Crippen molar-refractivity contribution in [2.75, 3.05) is 24.4 Å². The molecule has 0 aliphatic heterocycles. The largest absolute Gasteiger partial charge is 0.473 e. The maximum Gasteiger partial charge on any atom is 0.316 e. The van der Waals surface area contributed by atoms with E-state index in [1.807, 2.05) is 0 Å². The van der Waals surface area contributed by atoms with Crippen LogP contribution in [0.25, 0.3) is 11.1 Å². The number of nitrogens with one attached hydrogen (secondary N) is 2. The molecule has 1 aromatic carbocycles. The molecule has 0 spiro atoms. The Morgan fingerprint density at radius 2 is 1.78 bits per heavy atom. The van der Waals surface area contributed by atoms with Crippen molar-refractivity contribution in [2.45, 2.75) is 13.2 Å². The molecule has 0 unspecified atom stereocenters. The normalized spacial score (nSPS) is 18.8. The molecule has 0 aliphatic rings. The number of ether oxygens (including phenoxy) is 2. The van der Waals surface area contributed by atoms with Gasteiger partial charge < -0.3 is 9.47 Å². The highest BCUT2D eigenvalue weighted by atomic mass is 79.9. The second-order valence-corrected chi connectivity index (χ2v) is 8.24. The third-order valence-corrected chi connectivity index (χ3v) is 4.72. The topological polar surface area (TPSA) is 128 Å². The first-order chi connectivity index (χ1) is 20.9. The predicted molar refractivity (Wildman–Crippen MR) is 127 cm³/mol. The van der Waals surface area contributed by atoms with E-state index in [2.05, 4.69) is 51.8 Å². The molecule has 0 atom stereocenters. The Morgan fingerprint density at radius 1 is 1.06 bits per heavy atom. The van der Waals surface area contributed by atoms with Crippen molar-refractivity contribution < 1.29 is 37.1 Å². The lowest BCUT2D eigenvalue weighted by Crippen LogP contribution is -2.31. The number of aromatic nitrogens is 4. The van der Waals surface area contributed by atoms with E-state index >= 15 is 0 Å². The Kier molecular flexibility index (Phi) is 4.20. The number of rotatable bonds is 11. The maximum atomic E-state index is 13.0. The standard InChI is InChI=1S/C19H20Br2N6O4S/c1-2-7-26-32(28,29)27-17-16(13-3-5-14(20)6-4-13)18(25-12-24-17)30-8-9-31-19-22-10-15(21)11-23-19/h3-6,10-12,26H,2,7-9H2,1H3,(H,24,25,27)/i1D3,2D2,3D,4D,5D,6D,7D2,10D,11D,12D. The molecular weight excluding hydrogens is 568 g/mol. The molecule has 3 rings (SSSR count). The molecule has 2 N–H and O–H groups in total. The van der Waals surface area contributed by atoms with Crippen LogP contribution < -0.4 is 18.9 Å². The zero-order valence-corrected chi connectivity index (χ0v) is 19.5.